The largest absolute Gasteiger partial charge is 0.374 e. The van der Waals surface area contributed by atoms with E-state index >= 15 is 0 Å². The fourth-order valence-electron chi connectivity index (χ4n) is 1.97. The van der Waals surface area contributed by atoms with Crippen molar-refractivity contribution in [3.05, 3.63) is 48.6 Å². The van der Waals surface area contributed by atoms with E-state index in [1.165, 1.54) is 37.7 Å². The Morgan fingerprint density at radius 1 is 1.11 bits per heavy atom. The molecular weight excluding hydrogens is 220 g/mol. The Balaban J connectivity index is 2.00. The van der Waals surface area contributed by atoms with E-state index in [0.29, 0.717) is 6.10 Å². The molecule has 1 atom stereocenters. The van der Waals surface area contributed by atoms with Gasteiger partial charge in [0.15, 0.2) is 0 Å². The second kappa shape index (κ2) is 9.90. The number of rotatable bonds is 10. The minimum atomic E-state index is 0.365. The van der Waals surface area contributed by atoms with E-state index in [0.717, 1.165) is 13.0 Å². The summed E-state index contributed by atoms with van der Waals surface area (Å²) < 4.78 is 5.84. The molecule has 0 amide bonds. The van der Waals surface area contributed by atoms with Crippen LogP contribution < -0.4 is 0 Å². The molecule has 1 nitrogen and oxygen atoms in total. The Morgan fingerprint density at radius 2 is 1.83 bits per heavy atom. The normalized spacial score (nSPS) is 12.3. The summed E-state index contributed by atoms with van der Waals surface area (Å²) in [4.78, 5) is 0. The Hall–Kier alpha value is -1.08. The van der Waals surface area contributed by atoms with Crippen molar-refractivity contribution >= 4 is 0 Å². The van der Waals surface area contributed by atoms with Crippen molar-refractivity contribution in [3.8, 4) is 0 Å². The Kier molecular flexibility index (Phi) is 8.24. The van der Waals surface area contributed by atoms with Crippen LogP contribution >= 0.6 is 0 Å². The van der Waals surface area contributed by atoms with E-state index in [1.54, 1.807) is 0 Å². The molecule has 0 aliphatic rings. The van der Waals surface area contributed by atoms with Gasteiger partial charge in [0.1, 0.15) is 0 Å². The molecule has 0 aromatic heterocycles. The minimum absolute atomic E-state index is 0.365. The average molecular weight is 246 g/mol. The number of ether oxygens (including phenoxy) is 1. The predicted octanol–water partition coefficient (Wildman–Crippen LogP) is 5.12. The molecule has 0 saturated carbocycles. The molecule has 18 heavy (non-hydrogen) atoms. The molecule has 1 aromatic rings. The molecule has 1 heteroatoms. The third-order valence-electron chi connectivity index (χ3n) is 3.15. The van der Waals surface area contributed by atoms with Crippen LogP contribution in [0.1, 0.15) is 51.0 Å². The van der Waals surface area contributed by atoms with Crippen LogP contribution in [-0.2, 0) is 11.3 Å². The molecular formula is C17H26O. The molecule has 0 fully saturated rings. The maximum absolute atomic E-state index is 5.84. The highest BCUT2D eigenvalue weighted by Crippen LogP contribution is 2.11. The summed E-state index contributed by atoms with van der Waals surface area (Å²) in [7, 11) is 0. The monoisotopic (exact) mass is 246 g/mol. The number of unbranched alkanes of at least 4 members (excludes halogenated alkanes) is 4. The SMILES string of the molecule is C=CCCCCCC[C@H](C)OCc1ccccc1. The number of benzene rings is 1. The van der Waals surface area contributed by atoms with Gasteiger partial charge in [-0.05, 0) is 31.7 Å². The average Bonchev–Trinajstić information content (AvgIpc) is 2.41. The van der Waals surface area contributed by atoms with Gasteiger partial charge in [0.25, 0.3) is 0 Å². The van der Waals surface area contributed by atoms with Gasteiger partial charge in [-0.2, -0.15) is 0 Å². The van der Waals surface area contributed by atoms with Crippen molar-refractivity contribution in [1.82, 2.24) is 0 Å². The first-order valence-corrected chi connectivity index (χ1v) is 7.09. The van der Waals surface area contributed by atoms with E-state index in [1.807, 2.05) is 12.1 Å². The van der Waals surface area contributed by atoms with Crippen LogP contribution in [0.5, 0.6) is 0 Å². The maximum Gasteiger partial charge on any atom is 0.0720 e. The van der Waals surface area contributed by atoms with E-state index in [-0.39, 0.29) is 0 Å². The minimum Gasteiger partial charge on any atom is -0.374 e. The lowest BCUT2D eigenvalue weighted by molar-refractivity contribution is 0.0459. The molecule has 0 radical (unpaired) electrons. The first-order valence-electron chi connectivity index (χ1n) is 7.09. The smallest absolute Gasteiger partial charge is 0.0720 e. The molecule has 0 N–H and O–H groups in total. The Labute approximate surface area is 112 Å². The highest BCUT2D eigenvalue weighted by Gasteiger charge is 2.02. The van der Waals surface area contributed by atoms with Crippen LogP contribution in [0.4, 0.5) is 0 Å². The van der Waals surface area contributed by atoms with Crippen molar-refractivity contribution in [1.29, 1.82) is 0 Å². The van der Waals surface area contributed by atoms with Crippen molar-refractivity contribution < 1.29 is 4.74 Å². The molecule has 1 rings (SSSR count). The Bertz CT molecular complexity index is 305. The molecule has 0 spiro atoms. The summed E-state index contributed by atoms with van der Waals surface area (Å²) in [6.45, 7) is 6.65. The van der Waals surface area contributed by atoms with E-state index in [4.69, 9.17) is 4.74 Å². The van der Waals surface area contributed by atoms with Crippen molar-refractivity contribution in [3.63, 3.8) is 0 Å². The molecule has 0 bridgehead atoms. The number of hydrogen-bond acceptors (Lipinski definition) is 1. The first-order chi connectivity index (χ1) is 8.83. The van der Waals surface area contributed by atoms with E-state index in [9.17, 15) is 0 Å². The van der Waals surface area contributed by atoms with Crippen LogP contribution in [0.15, 0.2) is 43.0 Å². The van der Waals surface area contributed by atoms with Gasteiger partial charge in [-0.25, -0.2) is 0 Å². The topological polar surface area (TPSA) is 9.23 Å². The highest BCUT2D eigenvalue weighted by molar-refractivity contribution is 5.13. The highest BCUT2D eigenvalue weighted by atomic mass is 16.5. The summed E-state index contributed by atoms with van der Waals surface area (Å²) >= 11 is 0. The summed E-state index contributed by atoms with van der Waals surface area (Å²) in [6, 6.07) is 10.4. The summed E-state index contributed by atoms with van der Waals surface area (Å²) in [6.07, 6.45) is 9.87. The zero-order valence-electron chi connectivity index (χ0n) is 11.6. The second-order valence-corrected chi connectivity index (χ2v) is 4.89. The molecule has 0 heterocycles. The maximum atomic E-state index is 5.84. The zero-order chi connectivity index (χ0) is 13.1. The van der Waals surface area contributed by atoms with E-state index < -0.39 is 0 Å². The lowest BCUT2D eigenvalue weighted by atomic mass is 10.1. The molecule has 0 aliphatic carbocycles. The van der Waals surface area contributed by atoms with Crippen molar-refractivity contribution in [2.45, 2.75) is 58.2 Å². The lowest BCUT2D eigenvalue weighted by Gasteiger charge is -2.12. The van der Waals surface area contributed by atoms with Gasteiger partial charge in [0.05, 0.1) is 12.7 Å². The summed E-state index contributed by atoms with van der Waals surface area (Å²) in [5.41, 5.74) is 1.26. The number of allylic oxidation sites excluding steroid dienone is 1. The molecule has 0 unspecified atom stereocenters. The Morgan fingerprint density at radius 3 is 2.56 bits per heavy atom. The first kappa shape index (κ1) is 15.0. The van der Waals surface area contributed by atoms with Crippen LogP contribution in [-0.4, -0.2) is 6.10 Å². The van der Waals surface area contributed by atoms with Gasteiger partial charge in [-0.1, -0.05) is 55.7 Å². The summed E-state index contributed by atoms with van der Waals surface area (Å²) in [5.74, 6) is 0. The van der Waals surface area contributed by atoms with Crippen molar-refractivity contribution in [2.75, 3.05) is 0 Å². The third kappa shape index (κ3) is 7.29. The molecule has 100 valence electrons. The fraction of sp³-hybridized carbons (Fsp3) is 0.529. The van der Waals surface area contributed by atoms with Crippen LogP contribution in [0.2, 0.25) is 0 Å². The molecule has 1 aromatic carbocycles. The predicted molar refractivity (Wildman–Crippen MR) is 78.6 cm³/mol. The van der Waals surface area contributed by atoms with Gasteiger partial charge >= 0.3 is 0 Å². The lowest BCUT2D eigenvalue weighted by Crippen LogP contribution is -2.07. The van der Waals surface area contributed by atoms with Gasteiger partial charge in [0, 0.05) is 0 Å². The second-order valence-electron chi connectivity index (χ2n) is 4.89. The standard InChI is InChI=1S/C17H26O/c1-3-4-5-6-7-9-12-16(2)18-15-17-13-10-8-11-14-17/h3,8,10-11,13-14,16H,1,4-7,9,12,15H2,2H3/t16-/m0/s1. The van der Waals surface area contributed by atoms with Gasteiger partial charge in [0.2, 0.25) is 0 Å². The summed E-state index contributed by atoms with van der Waals surface area (Å²) in [5, 5.41) is 0. The molecule has 0 aliphatic heterocycles. The molecule has 0 saturated heterocycles. The van der Waals surface area contributed by atoms with Gasteiger partial charge in [-0.3, -0.25) is 0 Å². The fourth-order valence-corrected chi connectivity index (χ4v) is 1.97. The third-order valence-corrected chi connectivity index (χ3v) is 3.15. The van der Waals surface area contributed by atoms with Gasteiger partial charge < -0.3 is 4.74 Å². The van der Waals surface area contributed by atoms with Crippen LogP contribution in [0.25, 0.3) is 0 Å². The van der Waals surface area contributed by atoms with E-state index in [2.05, 4.69) is 37.8 Å². The number of hydrogen-bond donors (Lipinski definition) is 0. The van der Waals surface area contributed by atoms with Crippen LogP contribution in [0.3, 0.4) is 0 Å². The van der Waals surface area contributed by atoms with Crippen LogP contribution in [0, 0.1) is 0 Å². The van der Waals surface area contributed by atoms with Crippen molar-refractivity contribution in [2.24, 2.45) is 0 Å². The zero-order valence-corrected chi connectivity index (χ0v) is 11.6. The quantitative estimate of drug-likeness (QED) is 0.411. The van der Waals surface area contributed by atoms with Gasteiger partial charge in [-0.15, -0.1) is 6.58 Å².